The quantitative estimate of drug-likeness (QED) is 0.701. The zero-order valence-electron chi connectivity index (χ0n) is 15.8. The molecule has 2 rings (SSSR count). The van der Waals surface area contributed by atoms with Gasteiger partial charge in [0.25, 0.3) is 5.91 Å². The number of rotatable bonds is 7. The Labute approximate surface area is 159 Å². The summed E-state index contributed by atoms with van der Waals surface area (Å²) in [5, 5.41) is 8.33. The SMILES string of the molecule is CCC(C)C(NC(=O)c1ccccc1)C(=O)Nc1ccc(NC(C)=O)cc1. The van der Waals surface area contributed by atoms with Crippen LogP contribution in [0.2, 0.25) is 0 Å². The molecule has 0 radical (unpaired) electrons. The summed E-state index contributed by atoms with van der Waals surface area (Å²) in [7, 11) is 0. The Morgan fingerprint density at radius 2 is 1.44 bits per heavy atom. The van der Waals surface area contributed by atoms with Gasteiger partial charge in [-0.3, -0.25) is 14.4 Å². The van der Waals surface area contributed by atoms with E-state index in [0.29, 0.717) is 16.9 Å². The zero-order chi connectivity index (χ0) is 19.8. The highest BCUT2D eigenvalue weighted by molar-refractivity contribution is 6.01. The maximum Gasteiger partial charge on any atom is 0.251 e. The molecule has 0 fully saturated rings. The minimum Gasteiger partial charge on any atom is -0.340 e. The van der Waals surface area contributed by atoms with Crippen molar-refractivity contribution in [1.29, 1.82) is 0 Å². The maximum atomic E-state index is 12.7. The summed E-state index contributed by atoms with van der Waals surface area (Å²) in [4.78, 5) is 36.3. The number of carbonyl (C=O) groups is 3. The molecular weight excluding hydrogens is 342 g/mol. The number of amides is 3. The van der Waals surface area contributed by atoms with Gasteiger partial charge in [-0.2, -0.15) is 0 Å². The van der Waals surface area contributed by atoms with Crippen molar-refractivity contribution in [2.24, 2.45) is 5.92 Å². The van der Waals surface area contributed by atoms with E-state index in [9.17, 15) is 14.4 Å². The van der Waals surface area contributed by atoms with Crippen LogP contribution in [0.25, 0.3) is 0 Å². The lowest BCUT2D eigenvalue weighted by molar-refractivity contribution is -0.119. The number of hydrogen-bond acceptors (Lipinski definition) is 3. The van der Waals surface area contributed by atoms with Gasteiger partial charge in [0, 0.05) is 23.9 Å². The summed E-state index contributed by atoms with van der Waals surface area (Å²) in [6.07, 6.45) is 0.745. The first-order valence-corrected chi connectivity index (χ1v) is 8.95. The molecule has 0 heterocycles. The van der Waals surface area contributed by atoms with E-state index in [4.69, 9.17) is 0 Å². The molecule has 0 saturated heterocycles. The van der Waals surface area contributed by atoms with Crippen molar-refractivity contribution in [3.8, 4) is 0 Å². The second-order valence-corrected chi connectivity index (χ2v) is 6.45. The topological polar surface area (TPSA) is 87.3 Å². The Morgan fingerprint density at radius 3 is 1.96 bits per heavy atom. The standard InChI is InChI=1S/C21H25N3O3/c1-4-14(2)19(24-20(26)16-8-6-5-7-9-16)21(27)23-18-12-10-17(11-13-18)22-15(3)25/h5-14,19H,4H2,1-3H3,(H,22,25)(H,23,27)(H,24,26). The van der Waals surface area contributed by atoms with Gasteiger partial charge in [0.2, 0.25) is 11.8 Å². The summed E-state index contributed by atoms with van der Waals surface area (Å²) >= 11 is 0. The number of benzene rings is 2. The highest BCUT2D eigenvalue weighted by Gasteiger charge is 2.26. The summed E-state index contributed by atoms with van der Waals surface area (Å²) in [5.41, 5.74) is 1.76. The predicted octanol–water partition coefficient (Wildman–Crippen LogP) is 3.43. The first kappa shape index (κ1) is 20.2. The van der Waals surface area contributed by atoms with Gasteiger partial charge in [0.05, 0.1) is 0 Å². The van der Waals surface area contributed by atoms with E-state index >= 15 is 0 Å². The first-order chi connectivity index (χ1) is 12.9. The van der Waals surface area contributed by atoms with Crippen molar-refractivity contribution in [3.05, 3.63) is 60.2 Å². The molecule has 0 spiro atoms. The Hall–Kier alpha value is -3.15. The summed E-state index contributed by atoms with van der Waals surface area (Å²) in [5.74, 6) is -0.749. The van der Waals surface area contributed by atoms with Crippen LogP contribution in [0.15, 0.2) is 54.6 Å². The Bertz CT molecular complexity index is 788. The van der Waals surface area contributed by atoms with Crippen molar-refractivity contribution in [1.82, 2.24) is 5.32 Å². The molecule has 0 aliphatic rings. The highest BCUT2D eigenvalue weighted by atomic mass is 16.2. The monoisotopic (exact) mass is 367 g/mol. The lowest BCUT2D eigenvalue weighted by atomic mass is 9.97. The smallest absolute Gasteiger partial charge is 0.251 e. The van der Waals surface area contributed by atoms with Crippen LogP contribution in [0.1, 0.15) is 37.6 Å². The number of anilines is 2. The van der Waals surface area contributed by atoms with Crippen molar-refractivity contribution >= 4 is 29.1 Å². The van der Waals surface area contributed by atoms with Crippen LogP contribution in [0, 0.1) is 5.92 Å². The van der Waals surface area contributed by atoms with E-state index in [0.717, 1.165) is 6.42 Å². The molecule has 0 aliphatic heterocycles. The molecular formula is C21H25N3O3. The van der Waals surface area contributed by atoms with Crippen LogP contribution in [0.3, 0.4) is 0 Å². The lowest BCUT2D eigenvalue weighted by Crippen LogP contribution is -2.47. The van der Waals surface area contributed by atoms with Gasteiger partial charge >= 0.3 is 0 Å². The summed E-state index contributed by atoms with van der Waals surface area (Å²) in [6.45, 7) is 5.33. The largest absolute Gasteiger partial charge is 0.340 e. The molecule has 6 nitrogen and oxygen atoms in total. The first-order valence-electron chi connectivity index (χ1n) is 8.95. The maximum absolute atomic E-state index is 12.7. The van der Waals surface area contributed by atoms with Gasteiger partial charge in [0.15, 0.2) is 0 Å². The Morgan fingerprint density at radius 1 is 0.889 bits per heavy atom. The van der Waals surface area contributed by atoms with Crippen molar-refractivity contribution in [2.45, 2.75) is 33.2 Å². The molecule has 0 saturated carbocycles. The second-order valence-electron chi connectivity index (χ2n) is 6.45. The number of hydrogen-bond donors (Lipinski definition) is 3. The van der Waals surface area contributed by atoms with Crippen molar-refractivity contribution < 1.29 is 14.4 Å². The molecule has 2 atom stereocenters. The van der Waals surface area contributed by atoms with Crippen LogP contribution in [0.4, 0.5) is 11.4 Å². The van der Waals surface area contributed by atoms with E-state index in [1.807, 2.05) is 19.9 Å². The van der Waals surface area contributed by atoms with Crippen LogP contribution < -0.4 is 16.0 Å². The number of carbonyl (C=O) groups excluding carboxylic acids is 3. The third-order valence-electron chi connectivity index (χ3n) is 4.29. The van der Waals surface area contributed by atoms with Gasteiger partial charge in [0.1, 0.15) is 6.04 Å². The third-order valence-corrected chi connectivity index (χ3v) is 4.29. The molecule has 2 aromatic carbocycles. The molecule has 0 aromatic heterocycles. The van der Waals surface area contributed by atoms with Crippen molar-refractivity contribution in [2.75, 3.05) is 10.6 Å². The Kier molecular flexibility index (Phi) is 7.11. The average Bonchev–Trinajstić information content (AvgIpc) is 2.67. The normalized spacial score (nSPS) is 12.6. The molecule has 2 aromatic rings. The van der Waals surface area contributed by atoms with E-state index in [2.05, 4.69) is 16.0 Å². The summed E-state index contributed by atoms with van der Waals surface area (Å²) in [6, 6.07) is 15.0. The van der Waals surface area contributed by atoms with Crippen molar-refractivity contribution in [3.63, 3.8) is 0 Å². The minimum absolute atomic E-state index is 0.0312. The van der Waals surface area contributed by atoms with Gasteiger partial charge in [-0.05, 0) is 42.3 Å². The second kappa shape index (κ2) is 9.52. The van der Waals surface area contributed by atoms with Gasteiger partial charge < -0.3 is 16.0 Å². The molecule has 2 unspecified atom stereocenters. The van der Waals surface area contributed by atoms with Crippen LogP contribution in [-0.2, 0) is 9.59 Å². The van der Waals surface area contributed by atoms with E-state index < -0.39 is 6.04 Å². The van der Waals surface area contributed by atoms with E-state index in [1.165, 1.54) is 6.92 Å². The van der Waals surface area contributed by atoms with Gasteiger partial charge in [-0.25, -0.2) is 0 Å². The summed E-state index contributed by atoms with van der Waals surface area (Å²) < 4.78 is 0. The molecule has 0 aliphatic carbocycles. The highest BCUT2D eigenvalue weighted by Crippen LogP contribution is 2.16. The third kappa shape index (κ3) is 5.95. The minimum atomic E-state index is -0.655. The molecule has 3 amide bonds. The van der Waals surface area contributed by atoms with Crippen LogP contribution in [-0.4, -0.2) is 23.8 Å². The number of nitrogens with one attached hydrogen (secondary N) is 3. The fourth-order valence-corrected chi connectivity index (χ4v) is 2.58. The molecule has 27 heavy (non-hydrogen) atoms. The van der Waals surface area contributed by atoms with Gasteiger partial charge in [-0.1, -0.05) is 38.5 Å². The molecule has 6 heteroatoms. The fraction of sp³-hybridized carbons (Fsp3) is 0.286. The van der Waals surface area contributed by atoms with E-state index in [-0.39, 0.29) is 23.6 Å². The van der Waals surface area contributed by atoms with Gasteiger partial charge in [-0.15, -0.1) is 0 Å². The van der Waals surface area contributed by atoms with E-state index in [1.54, 1.807) is 48.5 Å². The lowest BCUT2D eigenvalue weighted by Gasteiger charge is -2.23. The fourth-order valence-electron chi connectivity index (χ4n) is 2.58. The molecule has 3 N–H and O–H groups in total. The average molecular weight is 367 g/mol. The predicted molar refractivity (Wildman–Crippen MR) is 107 cm³/mol. The molecule has 0 bridgehead atoms. The van der Waals surface area contributed by atoms with Crippen LogP contribution >= 0.6 is 0 Å². The van der Waals surface area contributed by atoms with Crippen LogP contribution in [0.5, 0.6) is 0 Å². The Balaban J connectivity index is 2.08. The molecule has 142 valence electrons. The zero-order valence-corrected chi connectivity index (χ0v) is 15.8.